The van der Waals surface area contributed by atoms with Crippen LogP contribution in [0.3, 0.4) is 0 Å². The van der Waals surface area contributed by atoms with Gasteiger partial charge in [-0.2, -0.15) is 0 Å². The zero-order chi connectivity index (χ0) is 20.1. The number of nitrogens with one attached hydrogen (secondary N) is 1. The smallest absolute Gasteiger partial charge is 0.248 e. The molecule has 2 aromatic rings. The Hall–Kier alpha value is -2.53. The zero-order valence-corrected chi connectivity index (χ0v) is 16.9. The summed E-state index contributed by atoms with van der Waals surface area (Å²) in [6.45, 7) is 3.84. The average molecular weight is 400 g/mol. The van der Waals surface area contributed by atoms with E-state index in [0.717, 1.165) is 42.7 Å². The lowest BCUT2D eigenvalue weighted by molar-refractivity contribution is -0.116. The van der Waals surface area contributed by atoms with E-state index in [9.17, 15) is 9.59 Å². The molecule has 1 aliphatic heterocycles. The predicted molar refractivity (Wildman–Crippen MR) is 114 cm³/mol. The van der Waals surface area contributed by atoms with E-state index >= 15 is 0 Å². The maximum Gasteiger partial charge on any atom is 0.248 e. The molecule has 0 aliphatic carbocycles. The molecular weight excluding hydrogens is 374 g/mol. The van der Waals surface area contributed by atoms with Crippen LogP contribution >= 0.6 is 11.6 Å². The van der Waals surface area contributed by atoms with Crippen LogP contribution in [0.1, 0.15) is 47.2 Å². The number of halogens is 1. The third kappa shape index (κ3) is 5.04. The molecule has 0 radical (unpaired) electrons. The Labute approximate surface area is 170 Å². The van der Waals surface area contributed by atoms with Crippen molar-refractivity contribution in [2.45, 2.75) is 39.0 Å². The van der Waals surface area contributed by atoms with Gasteiger partial charge in [-0.3, -0.25) is 9.59 Å². The summed E-state index contributed by atoms with van der Waals surface area (Å²) in [4.78, 5) is 26.4. The van der Waals surface area contributed by atoms with Crippen LogP contribution in [0.25, 0.3) is 0 Å². The fourth-order valence-corrected chi connectivity index (χ4v) is 3.67. The molecule has 148 valence electrons. The summed E-state index contributed by atoms with van der Waals surface area (Å²) >= 11 is 6.16. The Kier molecular flexibility index (Phi) is 6.57. The molecular formula is C22H26ClN3O2. The molecule has 28 heavy (non-hydrogen) atoms. The molecule has 3 rings (SSSR count). The number of piperidine rings is 1. The highest BCUT2D eigenvalue weighted by molar-refractivity contribution is 6.31. The number of aryl methyl sites for hydroxylation is 2. The molecule has 1 fully saturated rings. The number of carbonyl (C=O) groups excluding carboxylic acids is 2. The maximum absolute atomic E-state index is 12.6. The van der Waals surface area contributed by atoms with Gasteiger partial charge in [0.2, 0.25) is 11.8 Å². The number of nitrogens with zero attached hydrogens (tertiary/aromatic N) is 1. The second-order valence-corrected chi connectivity index (χ2v) is 7.68. The lowest BCUT2D eigenvalue weighted by Crippen LogP contribution is -2.30. The molecule has 0 saturated carbocycles. The number of benzene rings is 2. The summed E-state index contributed by atoms with van der Waals surface area (Å²) in [5, 5.41) is 3.69. The van der Waals surface area contributed by atoms with Crippen LogP contribution in [0.15, 0.2) is 36.4 Å². The first kappa shape index (κ1) is 20.2. The summed E-state index contributed by atoms with van der Waals surface area (Å²) in [6.07, 6.45) is 4.40. The van der Waals surface area contributed by atoms with E-state index in [1.807, 2.05) is 31.2 Å². The van der Waals surface area contributed by atoms with Crippen molar-refractivity contribution in [1.82, 2.24) is 0 Å². The van der Waals surface area contributed by atoms with Gasteiger partial charge in [0.05, 0.1) is 11.4 Å². The third-order valence-corrected chi connectivity index (χ3v) is 5.54. The summed E-state index contributed by atoms with van der Waals surface area (Å²) < 4.78 is 0. The summed E-state index contributed by atoms with van der Waals surface area (Å²) in [5.41, 5.74) is 9.44. The normalized spacial score (nSPS) is 14.0. The van der Waals surface area contributed by atoms with Crippen LogP contribution in [0, 0.1) is 6.92 Å². The topological polar surface area (TPSA) is 75.4 Å². The van der Waals surface area contributed by atoms with Crippen molar-refractivity contribution < 1.29 is 9.59 Å². The highest BCUT2D eigenvalue weighted by atomic mass is 35.5. The number of hydrogen-bond donors (Lipinski definition) is 2. The number of rotatable bonds is 6. The minimum absolute atomic E-state index is 0.100. The minimum atomic E-state index is -0.505. The van der Waals surface area contributed by atoms with Crippen LogP contribution in [0.2, 0.25) is 5.02 Å². The molecule has 1 aliphatic rings. The molecule has 6 heteroatoms. The first-order valence-corrected chi connectivity index (χ1v) is 10.1. The fourth-order valence-electron chi connectivity index (χ4n) is 3.46. The monoisotopic (exact) mass is 399 g/mol. The van der Waals surface area contributed by atoms with E-state index in [4.69, 9.17) is 17.3 Å². The molecule has 3 N–H and O–H groups in total. The quantitative estimate of drug-likeness (QED) is 0.759. The molecule has 1 saturated heterocycles. The zero-order valence-electron chi connectivity index (χ0n) is 16.1. The summed E-state index contributed by atoms with van der Waals surface area (Å²) in [7, 11) is 0. The Morgan fingerprint density at radius 3 is 2.54 bits per heavy atom. The average Bonchev–Trinajstić information content (AvgIpc) is 2.69. The maximum atomic E-state index is 12.6. The number of anilines is 2. The van der Waals surface area contributed by atoms with Crippen molar-refractivity contribution >= 4 is 34.8 Å². The van der Waals surface area contributed by atoms with Gasteiger partial charge in [0.25, 0.3) is 0 Å². The Bertz CT molecular complexity index is 876. The Balaban J connectivity index is 1.73. The van der Waals surface area contributed by atoms with Crippen molar-refractivity contribution in [3.8, 4) is 0 Å². The van der Waals surface area contributed by atoms with E-state index in [-0.39, 0.29) is 5.91 Å². The van der Waals surface area contributed by atoms with Crippen molar-refractivity contribution in [1.29, 1.82) is 0 Å². The standard InChI is InChI=1S/C22H26ClN3O2/c1-15-5-6-16(13-18(15)23)7-10-21(27)25-19-14-17(22(24)28)8-9-20(19)26-11-3-2-4-12-26/h5-6,8-9,13-14H,2-4,7,10-12H2,1H3,(H2,24,28)(H,25,27). The number of amides is 2. The van der Waals surface area contributed by atoms with Gasteiger partial charge >= 0.3 is 0 Å². The van der Waals surface area contributed by atoms with Crippen LogP contribution in [0.4, 0.5) is 11.4 Å². The molecule has 0 bridgehead atoms. The van der Waals surface area contributed by atoms with Crippen LogP contribution in [-0.4, -0.2) is 24.9 Å². The molecule has 2 aromatic carbocycles. The van der Waals surface area contributed by atoms with E-state index in [1.165, 1.54) is 6.42 Å². The molecule has 1 heterocycles. The largest absolute Gasteiger partial charge is 0.370 e. The number of hydrogen-bond acceptors (Lipinski definition) is 3. The Morgan fingerprint density at radius 1 is 1.11 bits per heavy atom. The van der Waals surface area contributed by atoms with Crippen molar-refractivity contribution in [3.05, 3.63) is 58.1 Å². The molecule has 0 aromatic heterocycles. The molecule has 0 atom stereocenters. The van der Waals surface area contributed by atoms with Gasteiger partial charge in [-0.1, -0.05) is 23.7 Å². The molecule has 0 spiro atoms. The van der Waals surface area contributed by atoms with Gasteiger partial charge in [0, 0.05) is 30.1 Å². The van der Waals surface area contributed by atoms with Crippen LogP contribution in [-0.2, 0) is 11.2 Å². The van der Waals surface area contributed by atoms with Crippen molar-refractivity contribution in [3.63, 3.8) is 0 Å². The fraction of sp³-hybridized carbons (Fsp3) is 0.364. The van der Waals surface area contributed by atoms with Gasteiger partial charge in [0.1, 0.15) is 0 Å². The third-order valence-electron chi connectivity index (χ3n) is 5.13. The van der Waals surface area contributed by atoms with Gasteiger partial charge < -0.3 is 16.0 Å². The van der Waals surface area contributed by atoms with Crippen LogP contribution in [0.5, 0.6) is 0 Å². The van der Waals surface area contributed by atoms with Gasteiger partial charge in [-0.15, -0.1) is 0 Å². The van der Waals surface area contributed by atoms with Crippen molar-refractivity contribution in [2.24, 2.45) is 5.73 Å². The lowest BCUT2D eigenvalue weighted by atomic mass is 10.1. The highest BCUT2D eigenvalue weighted by Crippen LogP contribution is 2.30. The summed E-state index contributed by atoms with van der Waals surface area (Å²) in [6, 6.07) is 11.1. The molecule has 0 unspecified atom stereocenters. The van der Waals surface area contributed by atoms with Gasteiger partial charge in [0.15, 0.2) is 0 Å². The SMILES string of the molecule is Cc1ccc(CCC(=O)Nc2cc(C(N)=O)ccc2N2CCCCC2)cc1Cl. The molecule has 2 amide bonds. The van der Waals surface area contributed by atoms with E-state index in [0.29, 0.717) is 29.1 Å². The lowest BCUT2D eigenvalue weighted by Gasteiger charge is -2.30. The highest BCUT2D eigenvalue weighted by Gasteiger charge is 2.17. The first-order valence-electron chi connectivity index (χ1n) is 9.68. The predicted octanol–water partition coefficient (Wildman–Crippen LogP) is 4.31. The van der Waals surface area contributed by atoms with E-state index < -0.39 is 5.91 Å². The number of primary amides is 1. The Morgan fingerprint density at radius 2 is 1.86 bits per heavy atom. The van der Waals surface area contributed by atoms with E-state index in [1.54, 1.807) is 12.1 Å². The molecule has 5 nitrogen and oxygen atoms in total. The van der Waals surface area contributed by atoms with Gasteiger partial charge in [-0.05, 0) is 68.0 Å². The van der Waals surface area contributed by atoms with Gasteiger partial charge in [-0.25, -0.2) is 0 Å². The summed E-state index contributed by atoms with van der Waals surface area (Å²) in [5.74, 6) is -0.605. The number of carbonyl (C=O) groups is 2. The first-order chi connectivity index (χ1) is 13.4. The second-order valence-electron chi connectivity index (χ2n) is 7.28. The van der Waals surface area contributed by atoms with Crippen molar-refractivity contribution in [2.75, 3.05) is 23.3 Å². The minimum Gasteiger partial charge on any atom is -0.370 e. The van der Waals surface area contributed by atoms with E-state index in [2.05, 4.69) is 10.2 Å². The van der Waals surface area contributed by atoms with Crippen LogP contribution < -0.4 is 16.0 Å². The second kappa shape index (κ2) is 9.11. The number of nitrogens with two attached hydrogens (primary N) is 1.